The number of carbonyl (C=O) groups excluding carboxylic acids is 1. The lowest BCUT2D eigenvalue weighted by Gasteiger charge is -2.05. The molecule has 3 rings (SSSR count). The van der Waals surface area contributed by atoms with E-state index in [0.717, 1.165) is 0 Å². The van der Waals surface area contributed by atoms with Crippen LogP contribution in [0.1, 0.15) is 16.1 Å². The molecular formula is C14H11BrClFN6O. The van der Waals surface area contributed by atoms with Crippen LogP contribution in [0.25, 0.3) is 0 Å². The van der Waals surface area contributed by atoms with Gasteiger partial charge >= 0.3 is 0 Å². The van der Waals surface area contributed by atoms with E-state index in [9.17, 15) is 9.18 Å². The molecule has 0 saturated heterocycles. The molecule has 0 bridgehead atoms. The van der Waals surface area contributed by atoms with Gasteiger partial charge in [0.1, 0.15) is 12.1 Å². The molecule has 1 amide bonds. The van der Waals surface area contributed by atoms with Crippen molar-refractivity contribution < 1.29 is 9.18 Å². The number of carbonyl (C=O) groups is 1. The molecule has 0 radical (unpaired) electrons. The molecule has 0 spiro atoms. The zero-order valence-electron chi connectivity index (χ0n) is 12.4. The molecule has 124 valence electrons. The van der Waals surface area contributed by atoms with Crippen molar-refractivity contribution in [2.24, 2.45) is 7.05 Å². The van der Waals surface area contributed by atoms with Crippen molar-refractivity contribution in [3.63, 3.8) is 0 Å². The molecule has 0 unspecified atom stereocenters. The molecule has 10 heteroatoms. The average Bonchev–Trinajstić information content (AvgIpc) is 3.09. The van der Waals surface area contributed by atoms with Crippen LogP contribution in [0, 0.1) is 5.82 Å². The summed E-state index contributed by atoms with van der Waals surface area (Å²) in [5.41, 5.74) is 0.514. The van der Waals surface area contributed by atoms with Gasteiger partial charge < -0.3 is 0 Å². The smallest absolute Gasteiger partial charge is 0.279 e. The summed E-state index contributed by atoms with van der Waals surface area (Å²) in [5.74, 6) is -0.796. The summed E-state index contributed by atoms with van der Waals surface area (Å²) in [7, 11) is 1.70. The number of aromatic nitrogens is 5. The van der Waals surface area contributed by atoms with Crippen LogP contribution in [0.2, 0.25) is 5.02 Å². The van der Waals surface area contributed by atoms with Gasteiger partial charge in [0.25, 0.3) is 5.91 Å². The Morgan fingerprint density at radius 2 is 2.21 bits per heavy atom. The van der Waals surface area contributed by atoms with Crippen LogP contribution >= 0.6 is 27.5 Å². The molecule has 3 aromatic rings. The second-order valence-electron chi connectivity index (χ2n) is 4.92. The third-order valence-corrected chi connectivity index (χ3v) is 4.08. The van der Waals surface area contributed by atoms with Gasteiger partial charge in [0.05, 0.1) is 11.0 Å². The van der Waals surface area contributed by atoms with Crippen molar-refractivity contribution in [3.8, 4) is 0 Å². The molecule has 2 heterocycles. The first-order valence-electron chi connectivity index (χ1n) is 6.77. The highest BCUT2D eigenvalue weighted by Crippen LogP contribution is 2.20. The number of benzene rings is 1. The molecule has 0 aliphatic carbocycles. The first kappa shape index (κ1) is 16.6. The summed E-state index contributed by atoms with van der Waals surface area (Å²) >= 11 is 9.23. The molecule has 0 fully saturated rings. The monoisotopic (exact) mass is 412 g/mol. The van der Waals surface area contributed by atoms with Crippen LogP contribution in [0.3, 0.4) is 0 Å². The first-order valence-corrected chi connectivity index (χ1v) is 7.94. The topological polar surface area (TPSA) is 77.6 Å². The first-order chi connectivity index (χ1) is 11.4. The largest absolute Gasteiger partial charge is 0.288 e. The molecule has 0 aliphatic heterocycles. The second-order valence-corrected chi connectivity index (χ2v) is 6.18. The van der Waals surface area contributed by atoms with Crippen LogP contribution in [-0.2, 0) is 13.6 Å². The van der Waals surface area contributed by atoms with Crippen LogP contribution in [0.15, 0.2) is 35.2 Å². The summed E-state index contributed by atoms with van der Waals surface area (Å²) < 4.78 is 17.2. The van der Waals surface area contributed by atoms with Crippen molar-refractivity contribution >= 4 is 39.4 Å². The standard InChI is InChI=1S/C14H11BrClFN6O/c1-22-6-9(15)12(20-22)13(24)19-14-18-7-23(21-14)5-8-10(16)3-2-4-11(8)17/h2-4,6-7H,5H2,1H3,(H,19,21,24). The molecule has 1 N–H and O–H groups in total. The predicted molar refractivity (Wildman–Crippen MR) is 89.4 cm³/mol. The van der Waals surface area contributed by atoms with Crippen molar-refractivity contribution in [1.82, 2.24) is 24.5 Å². The minimum atomic E-state index is -0.454. The molecule has 24 heavy (non-hydrogen) atoms. The summed E-state index contributed by atoms with van der Waals surface area (Å²) in [6.45, 7) is 0.0989. The molecule has 0 atom stereocenters. The Morgan fingerprint density at radius 3 is 2.88 bits per heavy atom. The van der Waals surface area contributed by atoms with Gasteiger partial charge in [-0.25, -0.2) is 14.1 Å². The zero-order chi connectivity index (χ0) is 17.3. The SMILES string of the molecule is Cn1cc(Br)c(C(=O)Nc2ncn(Cc3c(F)cccc3Cl)n2)n1. The normalized spacial score (nSPS) is 10.8. The zero-order valence-corrected chi connectivity index (χ0v) is 14.7. The van der Waals surface area contributed by atoms with Crippen LogP contribution in [0.5, 0.6) is 0 Å². The summed E-state index contributed by atoms with van der Waals surface area (Å²) in [6.07, 6.45) is 3.03. The maximum atomic E-state index is 13.8. The van der Waals surface area contributed by atoms with Crippen molar-refractivity contribution in [1.29, 1.82) is 0 Å². The second kappa shape index (κ2) is 6.70. The fraction of sp³-hybridized carbons (Fsp3) is 0.143. The fourth-order valence-electron chi connectivity index (χ4n) is 2.05. The third kappa shape index (κ3) is 3.46. The number of anilines is 1. The van der Waals surface area contributed by atoms with E-state index >= 15 is 0 Å². The van der Waals surface area contributed by atoms with Crippen molar-refractivity contribution in [3.05, 3.63) is 57.3 Å². The number of amides is 1. The Balaban J connectivity index is 1.74. The summed E-state index contributed by atoms with van der Waals surface area (Å²) in [6, 6.07) is 4.44. The molecule has 7 nitrogen and oxygen atoms in total. The van der Waals surface area contributed by atoms with Crippen molar-refractivity contribution in [2.75, 3.05) is 5.32 Å². The minimum absolute atomic E-state index is 0.0880. The van der Waals surface area contributed by atoms with E-state index in [1.54, 1.807) is 19.3 Å². The highest BCUT2D eigenvalue weighted by molar-refractivity contribution is 9.10. The number of hydrogen-bond donors (Lipinski definition) is 1. The molecule has 2 aromatic heterocycles. The van der Waals surface area contributed by atoms with Gasteiger partial charge in [0.15, 0.2) is 5.69 Å². The highest BCUT2D eigenvalue weighted by atomic mass is 79.9. The average molecular weight is 414 g/mol. The van der Waals surface area contributed by atoms with E-state index in [1.165, 1.54) is 27.8 Å². The summed E-state index contributed by atoms with van der Waals surface area (Å²) in [4.78, 5) is 16.1. The summed E-state index contributed by atoms with van der Waals surface area (Å²) in [5, 5.41) is 11.0. The van der Waals surface area contributed by atoms with E-state index in [2.05, 4.69) is 36.4 Å². The van der Waals surface area contributed by atoms with Gasteiger partial charge in [0.2, 0.25) is 5.95 Å². The number of aryl methyl sites for hydroxylation is 1. The number of nitrogens with one attached hydrogen (secondary N) is 1. The van der Waals surface area contributed by atoms with Gasteiger partial charge in [0, 0.05) is 23.8 Å². The van der Waals surface area contributed by atoms with Crippen LogP contribution in [0.4, 0.5) is 10.3 Å². The Hall–Kier alpha value is -2.26. The van der Waals surface area contributed by atoms with E-state index in [0.29, 0.717) is 15.1 Å². The van der Waals surface area contributed by atoms with E-state index in [4.69, 9.17) is 11.6 Å². The van der Waals surface area contributed by atoms with E-state index in [1.807, 2.05) is 0 Å². The number of halogens is 3. The Labute approximate surface area is 149 Å². The Kier molecular flexibility index (Phi) is 4.63. The lowest BCUT2D eigenvalue weighted by Crippen LogP contribution is -2.15. The number of nitrogens with zero attached hydrogens (tertiary/aromatic N) is 5. The molecule has 0 saturated carbocycles. The maximum absolute atomic E-state index is 13.8. The molecular weight excluding hydrogens is 403 g/mol. The Bertz CT molecular complexity index is 888. The highest BCUT2D eigenvalue weighted by Gasteiger charge is 2.16. The molecule has 0 aliphatic rings. The van der Waals surface area contributed by atoms with E-state index < -0.39 is 11.7 Å². The number of hydrogen-bond acceptors (Lipinski definition) is 4. The lowest BCUT2D eigenvalue weighted by molar-refractivity contribution is 0.102. The lowest BCUT2D eigenvalue weighted by atomic mass is 10.2. The van der Waals surface area contributed by atoms with E-state index in [-0.39, 0.29) is 18.2 Å². The maximum Gasteiger partial charge on any atom is 0.279 e. The fourth-order valence-corrected chi connectivity index (χ4v) is 2.83. The van der Waals surface area contributed by atoms with Crippen LogP contribution < -0.4 is 5.32 Å². The quantitative estimate of drug-likeness (QED) is 0.713. The van der Waals surface area contributed by atoms with Gasteiger partial charge in [-0.3, -0.25) is 14.8 Å². The third-order valence-electron chi connectivity index (χ3n) is 3.14. The Morgan fingerprint density at radius 1 is 1.42 bits per heavy atom. The van der Waals surface area contributed by atoms with Gasteiger partial charge in [-0.15, -0.1) is 5.10 Å². The minimum Gasteiger partial charge on any atom is -0.288 e. The van der Waals surface area contributed by atoms with Gasteiger partial charge in [-0.1, -0.05) is 17.7 Å². The predicted octanol–water partition coefficient (Wildman–Crippen LogP) is 2.87. The van der Waals surface area contributed by atoms with Crippen molar-refractivity contribution in [2.45, 2.75) is 6.54 Å². The molecule has 1 aromatic carbocycles. The van der Waals surface area contributed by atoms with Gasteiger partial charge in [-0.2, -0.15) is 5.10 Å². The number of rotatable bonds is 4. The van der Waals surface area contributed by atoms with Crippen LogP contribution in [-0.4, -0.2) is 30.5 Å². The van der Waals surface area contributed by atoms with Gasteiger partial charge in [-0.05, 0) is 28.1 Å².